The van der Waals surface area contributed by atoms with Crippen molar-refractivity contribution < 1.29 is 0 Å². The van der Waals surface area contributed by atoms with Crippen LogP contribution in [0, 0.1) is 6.92 Å². The third-order valence-corrected chi connectivity index (χ3v) is 2.03. The van der Waals surface area contributed by atoms with E-state index < -0.39 is 0 Å². The molecule has 0 aliphatic heterocycles. The van der Waals surface area contributed by atoms with Crippen molar-refractivity contribution in [3.05, 3.63) is 29.6 Å². The monoisotopic (exact) mass is 163 g/mol. The van der Waals surface area contributed by atoms with E-state index in [2.05, 4.69) is 24.0 Å². The predicted octanol–water partition coefficient (Wildman–Crippen LogP) is 3.12. The summed E-state index contributed by atoms with van der Waals surface area (Å²) in [6, 6.07) is 4.29. The Morgan fingerprint density at radius 3 is 2.83 bits per heavy atom. The Balaban J connectivity index is 2.41. The average Bonchev–Trinajstić information content (AvgIpc) is 2.05. The van der Waals surface area contributed by atoms with Gasteiger partial charge in [-0.05, 0) is 37.5 Å². The second-order valence-corrected chi connectivity index (χ2v) is 3.26. The van der Waals surface area contributed by atoms with E-state index in [1.807, 2.05) is 13.1 Å². The molecule has 0 amide bonds. The first-order valence-corrected chi connectivity index (χ1v) is 4.74. The standard InChI is InChI=1S/C11H17N/c1-3-4-5-6-11-7-8-12-10(2)9-11/h7-9H,3-6H2,1-2H3. The number of pyridine rings is 1. The molecule has 0 aliphatic carbocycles. The van der Waals surface area contributed by atoms with Crippen LogP contribution in [0.3, 0.4) is 0 Å². The first-order chi connectivity index (χ1) is 5.83. The van der Waals surface area contributed by atoms with Crippen LogP contribution in [0.1, 0.15) is 37.4 Å². The van der Waals surface area contributed by atoms with Crippen molar-refractivity contribution in [2.75, 3.05) is 0 Å². The smallest absolute Gasteiger partial charge is 0.0375 e. The summed E-state index contributed by atoms with van der Waals surface area (Å²) in [7, 11) is 0. The van der Waals surface area contributed by atoms with Crippen LogP contribution in [0.2, 0.25) is 0 Å². The van der Waals surface area contributed by atoms with Crippen LogP contribution in [0.4, 0.5) is 0 Å². The van der Waals surface area contributed by atoms with Gasteiger partial charge in [-0.15, -0.1) is 0 Å². The number of aromatic nitrogens is 1. The Bertz CT molecular complexity index is 230. The zero-order chi connectivity index (χ0) is 8.81. The van der Waals surface area contributed by atoms with Crippen LogP contribution >= 0.6 is 0 Å². The number of aryl methyl sites for hydroxylation is 2. The maximum absolute atomic E-state index is 4.17. The van der Waals surface area contributed by atoms with Crippen LogP contribution in [0.5, 0.6) is 0 Å². The molecule has 0 N–H and O–H groups in total. The van der Waals surface area contributed by atoms with Crippen molar-refractivity contribution in [3.63, 3.8) is 0 Å². The number of rotatable bonds is 4. The number of hydrogen-bond acceptors (Lipinski definition) is 1. The van der Waals surface area contributed by atoms with Crippen LogP contribution < -0.4 is 0 Å². The lowest BCUT2D eigenvalue weighted by Gasteiger charge is -2.00. The highest BCUT2D eigenvalue weighted by molar-refractivity contribution is 5.15. The highest BCUT2D eigenvalue weighted by atomic mass is 14.6. The Labute approximate surface area is 74.8 Å². The molecule has 0 radical (unpaired) electrons. The summed E-state index contributed by atoms with van der Waals surface area (Å²) in [6.45, 7) is 4.28. The number of nitrogens with zero attached hydrogens (tertiary/aromatic N) is 1. The lowest BCUT2D eigenvalue weighted by molar-refractivity contribution is 0.716. The van der Waals surface area contributed by atoms with E-state index >= 15 is 0 Å². The van der Waals surface area contributed by atoms with Gasteiger partial charge in [0.15, 0.2) is 0 Å². The van der Waals surface area contributed by atoms with E-state index in [1.165, 1.54) is 31.2 Å². The van der Waals surface area contributed by atoms with Crippen LogP contribution in [-0.4, -0.2) is 4.98 Å². The van der Waals surface area contributed by atoms with Crippen molar-refractivity contribution in [3.8, 4) is 0 Å². The summed E-state index contributed by atoms with van der Waals surface area (Å²) in [4.78, 5) is 4.17. The number of unbranched alkanes of at least 4 members (excludes halogenated alkanes) is 2. The summed E-state index contributed by atoms with van der Waals surface area (Å²) in [5.74, 6) is 0. The fourth-order valence-corrected chi connectivity index (χ4v) is 1.34. The van der Waals surface area contributed by atoms with Gasteiger partial charge in [0.05, 0.1) is 0 Å². The van der Waals surface area contributed by atoms with E-state index in [-0.39, 0.29) is 0 Å². The maximum Gasteiger partial charge on any atom is 0.0375 e. The summed E-state index contributed by atoms with van der Waals surface area (Å²) in [6.07, 6.45) is 7.04. The molecule has 0 aliphatic rings. The predicted molar refractivity (Wildman–Crippen MR) is 52.2 cm³/mol. The molecule has 1 aromatic heterocycles. The Kier molecular flexibility index (Phi) is 3.78. The molecule has 0 aromatic carbocycles. The SMILES string of the molecule is CCCCCc1ccnc(C)c1. The molecular formula is C11H17N. The van der Waals surface area contributed by atoms with Gasteiger partial charge < -0.3 is 0 Å². The van der Waals surface area contributed by atoms with Crippen LogP contribution in [-0.2, 0) is 6.42 Å². The van der Waals surface area contributed by atoms with Gasteiger partial charge in [-0.2, -0.15) is 0 Å². The van der Waals surface area contributed by atoms with Crippen LogP contribution in [0.25, 0.3) is 0 Å². The van der Waals surface area contributed by atoms with Crippen molar-refractivity contribution in [2.45, 2.75) is 39.5 Å². The van der Waals surface area contributed by atoms with E-state index in [0.717, 1.165) is 5.69 Å². The molecule has 12 heavy (non-hydrogen) atoms. The van der Waals surface area contributed by atoms with Gasteiger partial charge in [0.1, 0.15) is 0 Å². The highest BCUT2D eigenvalue weighted by Crippen LogP contribution is 2.06. The molecule has 1 rings (SSSR count). The minimum Gasteiger partial charge on any atom is -0.262 e. The molecule has 0 atom stereocenters. The normalized spacial score (nSPS) is 10.2. The molecule has 1 heterocycles. The zero-order valence-electron chi connectivity index (χ0n) is 8.01. The zero-order valence-corrected chi connectivity index (χ0v) is 8.01. The lowest BCUT2D eigenvalue weighted by atomic mass is 10.1. The van der Waals surface area contributed by atoms with Gasteiger partial charge >= 0.3 is 0 Å². The first kappa shape index (κ1) is 9.24. The Hall–Kier alpha value is -0.850. The van der Waals surface area contributed by atoms with Crippen molar-refractivity contribution in [1.82, 2.24) is 4.98 Å². The summed E-state index contributed by atoms with van der Waals surface area (Å²) in [5.41, 5.74) is 2.56. The molecule has 0 unspecified atom stereocenters. The topological polar surface area (TPSA) is 12.9 Å². The second kappa shape index (κ2) is 4.91. The second-order valence-electron chi connectivity index (χ2n) is 3.26. The van der Waals surface area contributed by atoms with Gasteiger partial charge in [0.25, 0.3) is 0 Å². The molecule has 1 heteroatoms. The highest BCUT2D eigenvalue weighted by Gasteiger charge is 1.92. The fourth-order valence-electron chi connectivity index (χ4n) is 1.34. The van der Waals surface area contributed by atoms with Crippen molar-refractivity contribution in [2.24, 2.45) is 0 Å². The quantitative estimate of drug-likeness (QED) is 0.621. The van der Waals surface area contributed by atoms with Crippen molar-refractivity contribution in [1.29, 1.82) is 0 Å². The molecule has 1 aromatic rings. The summed E-state index contributed by atoms with van der Waals surface area (Å²) < 4.78 is 0. The molecule has 0 saturated carbocycles. The lowest BCUT2D eigenvalue weighted by Crippen LogP contribution is -1.88. The third kappa shape index (κ3) is 3.04. The molecule has 1 nitrogen and oxygen atoms in total. The van der Waals surface area contributed by atoms with E-state index in [0.29, 0.717) is 0 Å². The minimum absolute atomic E-state index is 1.13. The Morgan fingerprint density at radius 1 is 1.33 bits per heavy atom. The van der Waals surface area contributed by atoms with Gasteiger partial charge in [0, 0.05) is 11.9 Å². The van der Waals surface area contributed by atoms with Gasteiger partial charge in [-0.1, -0.05) is 19.8 Å². The Morgan fingerprint density at radius 2 is 2.17 bits per heavy atom. The van der Waals surface area contributed by atoms with E-state index in [4.69, 9.17) is 0 Å². The van der Waals surface area contributed by atoms with Crippen LogP contribution in [0.15, 0.2) is 18.3 Å². The summed E-state index contributed by atoms with van der Waals surface area (Å²) >= 11 is 0. The average molecular weight is 163 g/mol. The van der Waals surface area contributed by atoms with E-state index in [9.17, 15) is 0 Å². The third-order valence-electron chi connectivity index (χ3n) is 2.03. The van der Waals surface area contributed by atoms with Crippen molar-refractivity contribution >= 4 is 0 Å². The largest absolute Gasteiger partial charge is 0.262 e. The molecule has 0 saturated heterocycles. The molecule has 0 spiro atoms. The van der Waals surface area contributed by atoms with Gasteiger partial charge in [-0.25, -0.2) is 0 Å². The molecular weight excluding hydrogens is 146 g/mol. The number of hydrogen-bond donors (Lipinski definition) is 0. The molecule has 0 fully saturated rings. The first-order valence-electron chi connectivity index (χ1n) is 4.74. The minimum atomic E-state index is 1.13. The maximum atomic E-state index is 4.17. The fraction of sp³-hybridized carbons (Fsp3) is 0.545. The molecule has 0 bridgehead atoms. The summed E-state index contributed by atoms with van der Waals surface area (Å²) in [5, 5.41) is 0. The molecule has 66 valence electrons. The van der Waals surface area contributed by atoms with Gasteiger partial charge in [-0.3, -0.25) is 4.98 Å². The van der Waals surface area contributed by atoms with Gasteiger partial charge in [0.2, 0.25) is 0 Å². The van der Waals surface area contributed by atoms with E-state index in [1.54, 1.807) is 0 Å².